The summed E-state index contributed by atoms with van der Waals surface area (Å²) in [5.41, 5.74) is 1.53. The van der Waals surface area contributed by atoms with E-state index in [1.807, 2.05) is 49.2 Å². The minimum Gasteiger partial charge on any atom is -0.493 e. The topological polar surface area (TPSA) is 54.5 Å². The van der Waals surface area contributed by atoms with E-state index in [0.29, 0.717) is 12.5 Å². The van der Waals surface area contributed by atoms with Crippen molar-refractivity contribution in [2.45, 2.75) is 19.8 Å². The molecular weight excluding hydrogens is 322 g/mol. The molecule has 0 bridgehead atoms. The number of amides is 1. The summed E-state index contributed by atoms with van der Waals surface area (Å²) in [7, 11) is 1.83. The lowest BCUT2D eigenvalue weighted by molar-refractivity contribution is 0.0661. The fourth-order valence-electron chi connectivity index (χ4n) is 2.98. The summed E-state index contributed by atoms with van der Waals surface area (Å²) in [6.07, 6.45) is 1.95. The number of piperidine rings is 1. The maximum Gasteiger partial charge on any atom is 0.258 e. The lowest BCUT2D eigenvalue weighted by Gasteiger charge is -2.32. The van der Waals surface area contributed by atoms with Crippen molar-refractivity contribution in [1.29, 1.82) is 0 Å². The second kappa shape index (κ2) is 7.66. The molecule has 3 rings (SSSR count). The molecule has 1 fully saturated rings. The Morgan fingerprint density at radius 3 is 2.71 bits per heavy atom. The summed E-state index contributed by atoms with van der Waals surface area (Å²) in [5, 5.41) is 3.93. The quantitative estimate of drug-likeness (QED) is 0.902. The third-order valence-electron chi connectivity index (χ3n) is 4.43. The first-order valence-electron chi connectivity index (χ1n) is 8.30. The number of nitrogens with zero attached hydrogens (tertiary/aromatic N) is 2. The van der Waals surface area contributed by atoms with Gasteiger partial charge < -0.3 is 15.0 Å². The van der Waals surface area contributed by atoms with Crippen LogP contribution in [0.3, 0.4) is 0 Å². The zero-order chi connectivity index (χ0) is 16.9. The van der Waals surface area contributed by atoms with Gasteiger partial charge in [0, 0.05) is 20.1 Å². The lowest BCUT2D eigenvalue weighted by atomic mass is 9.97. The second-order valence-electron chi connectivity index (χ2n) is 6.08. The van der Waals surface area contributed by atoms with Crippen molar-refractivity contribution >= 4 is 22.4 Å². The number of aryl methyl sites for hydroxylation is 1. The van der Waals surface area contributed by atoms with E-state index in [1.165, 1.54) is 11.5 Å². The molecule has 0 saturated carbocycles. The Kier molecular flexibility index (Phi) is 5.35. The number of carbonyl (C=O) groups excluding carboxylic acids is 1. The molecule has 0 unspecified atom stereocenters. The van der Waals surface area contributed by atoms with Crippen LogP contribution in [0.1, 0.15) is 28.9 Å². The molecule has 6 heteroatoms. The van der Waals surface area contributed by atoms with Crippen molar-refractivity contribution in [3.05, 3.63) is 41.6 Å². The molecule has 5 nitrogen and oxygen atoms in total. The van der Waals surface area contributed by atoms with E-state index in [-0.39, 0.29) is 5.91 Å². The monoisotopic (exact) mass is 345 g/mol. The smallest absolute Gasteiger partial charge is 0.258 e. The van der Waals surface area contributed by atoms with E-state index in [9.17, 15) is 4.79 Å². The number of anilines is 1. The van der Waals surface area contributed by atoms with E-state index in [2.05, 4.69) is 9.69 Å². The Bertz CT molecular complexity index is 679. The largest absolute Gasteiger partial charge is 0.493 e. The summed E-state index contributed by atoms with van der Waals surface area (Å²) in [6, 6.07) is 9.90. The fourth-order valence-corrected chi connectivity index (χ4v) is 3.72. The van der Waals surface area contributed by atoms with Gasteiger partial charge in [0.1, 0.15) is 10.8 Å². The molecule has 1 N–H and O–H groups in total. The predicted molar refractivity (Wildman–Crippen MR) is 97.0 cm³/mol. The van der Waals surface area contributed by atoms with E-state index in [0.717, 1.165) is 47.9 Å². The van der Waals surface area contributed by atoms with Gasteiger partial charge in [0.15, 0.2) is 0 Å². The molecule has 1 saturated heterocycles. The average molecular weight is 345 g/mol. The van der Waals surface area contributed by atoms with Crippen LogP contribution in [0.4, 0.5) is 5.00 Å². The highest BCUT2D eigenvalue weighted by molar-refractivity contribution is 7.10. The number of hydrogen-bond donors (Lipinski definition) is 1. The Labute approximate surface area is 146 Å². The van der Waals surface area contributed by atoms with Crippen LogP contribution in [0.25, 0.3) is 0 Å². The van der Waals surface area contributed by atoms with Gasteiger partial charge in [-0.05, 0) is 49.3 Å². The van der Waals surface area contributed by atoms with Gasteiger partial charge in [0.05, 0.1) is 17.9 Å². The first kappa shape index (κ1) is 16.8. The molecule has 24 heavy (non-hydrogen) atoms. The normalized spacial score (nSPS) is 15.3. The SMILES string of the molecule is CNc1snc(C)c1C(=O)N1CCC(COc2ccccc2)CC1. The summed E-state index contributed by atoms with van der Waals surface area (Å²) in [6.45, 7) is 4.16. The van der Waals surface area contributed by atoms with Crippen LogP contribution in [0.15, 0.2) is 30.3 Å². The molecule has 1 amide bonds. The van der Waals surface area contributed by atoms with Gasteiger partial charge in [-0.25, -0.2) is 0 Å². The summed E-state index contributed by atoms with van der Waals surface area (Å²) in [5.74, 6) is 1.50. The zero-order valence-electron chi connectivity index (χ0n) is 14.1. The van der Waals surface area contributed by atoms with Crippen LogP contribution < -0.4 is 10.1 Å². The number of nitrogens with one attached hydrogen (secondary N) is 1. The average Bonchev–Trinajstić information content (AvgIpc) is 3.01. The van der Waals surface area contributed by atoms with Crippen molar-refractivity contribution in [3.63, 3.8) is 0 Å². The van der Waals surface area contributed by atoms with Gasteiger partial charge in [-0.2, -0.15) is 4.37 Å². The highest BCUT2D eigenvalue weighted by Crippen LogP contribution is 2.27. The van der Waals surface area contributed by atoms with Crippen molar-refractivity contribution in [2.24, 2.45) is 5.92 Å². The number of para-hydroxylation sites is 1. The first-order valence-corrected chi connectivity index (χ1v) is 9.07. The van der Waals surface area contributed by atoms with Gasteiger partial charge in [0.25, 0.3) is 5.91 Å². The standard InChI is InChI=1S/C18H23N3O2S/c1-13-16(17(19-2)24-20-13)18(22)21-10-8-14(9-11-21)12-23-15-6-4-3-5-7-15/h3-7,14,19H,8-12H2,1-2H3. The Morgan fingerprint density at radius 1 is 1.33 bits per heavy atom. The molecule has 1 aromatic carbocycles. The Hall–Kier alpha value is -2.08. The van der Waals surface area contributed by atoms with Crippen LogP contribution in [0.5, 0.6) is 5.75 Å². The molecule has 1 aromatic heterocycles. The van der Waals surface area contributed by atoms with Crippen molar-refractivity contribution in [2.75, 3.05) is 32.1 Å². The number of hydrogen-bond acceptors (Lipinski definition) is 5. The lowest BCUT2D eigenvalue weighted by Crippen LogP contribution is -2.40. The van der Waals surface area contributed by atoms with Crippen LogP contribution in [0.2, 0.25) is 0 Å². The van der Waals surface area contributed by atoms with Gasteiger partial charge in [0.2, 0.25) is 0 Å². The third kappa shape index (κ3) is 3.70. The molecule has 1 aliphatic rings. The summed E-state index contributed by atoms with van der Waals surface area (Å²) in [4.78, 5) is 14.7. The van der Waals surface area contributed by atoms with Gasteiger partial charge in [-0.3, -0.25) is 4.79 Å². The first-order chi connectivity index (χ1) is 11.7. The maximum absolute atomic E-state index is 12.8. The predicted octanol–water partition coefficient (Wildman–Crippen LogP) is 3.42. The number of rotatable bonds is 5. The van der Waals surface area contributed by atoms with Gasteiger partial charge in [-0.15, -0.1) is 0 Å². The van der Waals surface area contributed by atoms with E-state index in [4.69, 9.17) is 4.74 Å². The van der Waals surface area contributed by atoms with Crippen LogP contribution in [0, 0.1) is 12.8 Å². The van der Waals surface area contributed by atoms with Gasteiger partial charge >= 0.3 is 0 Å². The van der Waals surface area contributed by atoms with Crippen LogP contribution in [-0.2, 0) is 0 Å². The zero-order valence-corrected chi connectivity index (χ0v) is 14.9. The molecular formula is C18H23N3O2S. The molecule has 0 aliphatic carbocycles. The Balaban J connectivity index is 1.53. The highest BCUT2D eigenvalue weighted by atomic mass is 32.1. The highest BCUT2D eigenvalue weighted by Gasteiger charge is 2.27. The molecule has 2 heterocycles. The second-order valence-corrected chi connectivity index (χ2v) is 6.86. The van der Waals surface area contributed by atoms with E-state index < -0.39 is 0 Å². The minimum atomic E-state index is 0.0908. The maximum atomic E-state index is 12.8. The summed E-state index contributed by atoms with van der Waals surface area (Å²) < 4.78 is 10.1. The molecule has 1 aliphatic heterocycles. The fraction of sp³-hybridized carbons (Fsp3) is 0.444. The van der Waals surface area contributed by atoms with Crippen LogP contribution >= 0.6 is 11.5 Å². The molecule has 2 aromatic rings. The number of carbonyl (C=O) groups is 1. The Morgan fingerprint density at radius 2 is 2.04 bits per heavy atom. The molecule has 0 atom stereocenters. The number of aromatic nitrogens is 1. The third-order valence-corrected chi connectivity index (χ3v) is 5.39. The minimum absolute atomic E-state index is 0.0908. The number of benzene rings is 1. The van der Waals surface area contributed by atoms with Crippen molar-refractivity contribution in [3.8, 4) is 5.75 Å². The molecule has 0 radical (unpaired) electrons. The van der Waals surface area contributed by atoms with E-state index in [1.54, 1.807) is 0 Å². The van der Waals surface area contributed by atoms with E-state index >= 15 is 0 Å². The molecule has 0 spiro atoms. The van der Waals surface area contributed by atoms with Gasteiger partial charge in [-0.1, -0.05) is 18.2 Å². The molecule has 128 valence electrons. The number of ether oxygens (including phenoxy) is 1. The number of likely N-dealkylation sites (tertiary alicyclic amines) is 1. The van der Waals surface area contributed by atoms with Crippen LogP contribution in [-0.4, -0.2) is 41.9 Å². The van der Waals surface area contributed by atoms with Crippen molar-refractivity contribution < 1.29 is 9.53 Å². The van der Waals surface area contributed by atoms with Crippen molar-refractivity contribution in [1.82, 2.24) is 9.27 Å². The summed E-state index contributed by atoms with van der Waals surface area (Å²) >= 11 is 1.35.